The summed E-state index contributed by atoms with van der Waals surface area (Å²) in [5.74, 6) is -0.323. The Morgan fingerprint density at radius 2 is 2.00 bits per heavy atom. The lowest BCUT2D eigenvalue weighted by Gasteiger charge is -2.29. The highest BCUT2D eigenvalue weighted by atomic mass is 16.2. The third kappa shape index (κ3) is 3.27. The molecule has 0 aliphatic carbocycles. The average molecular weight is 361 g/mol. The van der Waals surface area contributed by atoms with Crippen LogP contribution in [0.15, 0.2) is 59.6 Å². The van der Waals surface area contributed by atoms with Gasteiger partial charge in [0.2, 0.25) is 5.91 Å². The fourth-order valence-corrected chi connectivity index (χ4v) is 3.33. The molecule has 2 aromatic carbocycles. The maximum Gasteiger partial charge on any atom is 0.272 e. The van der Waals surface area contributed by atoms with Crippen molar-refractivity contribution in [3.05, 3.63) is 65.9 Å². The van der Waals surface area contributed by atoms with Gasteiger partial charge in [0.05, 0.1) is 12.0 Å². The number of aliphatic imine (C=N–C) groups is 1. The molecule has 0 bridgehead atoms. The summed E-state index contributed by atoms with van der Waals surface area (Å²) in [6.07, 6.45) is 0.188. The van der Waals surface area contributed by atoms with Crippen LogP contribution in [0.2, 0.25) is 0 Å². The first-order chi connectivity index (χ1) is 12.9. The summed E-state index contributed by atoms with van der Waals surface area (Å²) >= 11 is 0. The molecule has 7 heteroatoms. The fourth-order valence-electron chi connectivity index (χ4n) is 3.33. The standard InChI is InChI=1S/C20H19N5O2/c1-20(11-17(26)24-19(21)25-20)13-6-4-7-14(10-13)22-18(27)16-9-12-5-2-3-8-15(12)23-16/h2-10,23H,11H2,1H3,(H,22,27)(H3,21,24,25,26). The van der Waals surface area contributed by atoms with Crippen LogP contribution in [-0.2, 0) is 10.3 Å². The summed E-state index contributed by atoms with van der Waals surface area (Å²) in [7, 11) is 0. The number of carbonyl (C=O) groups excluding carboxylic acids is 2. The van der Waals surface area contributed by atoms with Gasteiger partial charge in [-0.05, 0) is 36.8 Å². The Hall–Kier alpha value is -3.61. The molecule has 3 aromatic rings. The zero-order chi connectivity index (χ0) is 19.0. The SMILES string of the molecule is CC1(c2cccc(NC(=O)c3cc4ccccc4[nH]3)c2)CC(=O)NC(N)=N1. The van der Waals surface area contributed by atoms with E-state index in [1.807, 2.05) is 55.5 Å². The lowest BCUT2D eigenvalue weighted by Crippen LogP contribution is -2.46. The molecule has 4 rings (SSSR count). The van der Waals surface area contributed by atoms with Crippen LogP contribution >= 0.6 is 0 Å². The minimum absolute atomic E-state index is 0.0984. The number of anilines is 1. The summed E-state index contributed by atoms with van der Waals surface area (Å²) in [4.78, 5) is 31.9. The second-order valence-corrected chi connectivity index (χ2v) is 6.80. The maximum atomic E-state index is 12.6. The molecule has 27 heavy (non-hydrogen) atoms. The van der Waals surface area contributed by atoms with E-state index < -0.39 is 5.54 Å². The van der Waals surface area contributed by atoms with Crippen molar-refractivity contribution < 1.29 is 9.59 Å². The van der Waals surface area contributed by atoms with E-state index in [4.69, 9.17) is 5.73 Å². The van der Waals surface area contributed by atoms with Gasteiger partial charge in [0.1, 0.15) is 5.69 Å². The van der Waals surface area contributed by atoms with Crippen molar-refractivity contribution in [1.29, 1.82) is 0 Å². The van der Waals surface area contributed by atoms with Crippen molar-refractivity contribution in [2.75, 3.05) is 5.32 Å². The minimum atomic E-state index is -0.770. The number of carbonyl (C=O) groups is 2. The van der Waals surface area contributed by atoms with E-state index in [1.54, 1.807) is 6.07 Å². The first kappa shape index (κ1) is 16.8. The van der Waals surface area contributed by atoms with Gasteiger partial charge in [0, 0.05) is 16.6 Å². The maximum absolute atomic E-state index is 12.6. The summed E-state index contributed by atoms with van der Waals surface area (Å²) in [5.41, 5.74) is 7.75. The van der Waals surface area contributed by atoms with Gasteiger partial charge < -0.3 is 16.0 Å². The van der Waals surface area contributed by atoms with E-state index in [1.165, 1.54) is 0 Å². The second kappa shape index (κ2) is 6.28. The highest BCUT2D eigenvalue weighted by Crippen LogP contribution is 2.32. The molecule has 7 nitrogen and oxygen atoms in total. The van der Waals surface area contributed by atoms with Crippen LogP contribution < -0.4 is 16.4 Å². The van der Waals surface area contributed by atoms with Gasteiger partial charge in [0.25, 0.3) is 5.91 Å². The first-order valence-corrected chi connectivity index (χ1v) is 8.58. The third-order valence-corrected chi connectivity index (χ3v) is 4.66. The average Bonchev–Trinajstić information content (AvgIpc) is 3.05. The molecule has 0 saturated carbocycles. The van der Waals surface area contributed by atoms with Crippen molar-refractivity contribution in [2.24, 2.45) is 10.7 Å². The zero-order valence-electron chi connectivity index (χ0n) is 14.7. The Kier molecular flexibility index (Phi) is 3.92. The van der Waals surface area contributed by atoms with Gasteiger partial charge in [-0.2, -0.15) is 0 Å². The van der Waals surface area contributed by atoms with E-state index >= 15 is 0 Å². The van der Waals surface area contributed by atoms with Crippen LogP contribution in [0, 0.1) is 0 Å². The van der Waals surface area contributed by atoms with Crippen molar-refractivity contribution in [3.8, 4) is 0 Å². The number of nitrogens with zero attached hydrogens (tertiary/aromatic N) is 1. The second-order valence-electron chi connectivity index (χ2n) is 6.80. The van der Waals surface area contributed by atoms with Gasteiger partial charge in [-0.1, -0.05) is 30.3 Å². The number of guanidine groups is 1. The predicted molar refractivity (Wildman–Crippen MR) is 104 cm³/mol. The molecule has 1 unspecified atom stereocenters. The molecule has 0 spiro atoms. The van der Waals surface area contributed by atoms with Crippen LogP contribution in [0.5, 0.6) is 0 Å². The molecule has 0 fully saturated rings. The normalized spacial score (nSPS) is 19.4. The van der Waals surface area contributed by atoms with Crippen molar-refractivity contribution in [2.45, 2.75) is 18.9 Å². The number of amides is 2. The van der Waals surface area contributed by atoms with E-state index in [2.05, 4.69) is 20.6 Å². The number of nitrogens with one attached hydrogen (secondary N) is 3. The van der Waals surface area contributed by atoms with Crippen LogP contribution in [-0.4, -0.2) is 22.8 Å². The quantitative estimate of drug-likeness (QED) is 0.575. The molecule has 136 valence electrons. The lowest BCUT2D eigenvalue weighted by molar-refractivity contribution is -0.121. The highest BCUT2D eigenvalue weighted by Gasteiger charge is 2.33. The number of aromatic amines is 1. The van der Waals surface area contributed by atoms with Crippen LogP contribution in [0.25, 0.3) is 10.9 Å². The summed E-state index contributed by atoms with van der Waals surface area (Å²) < 4.78 is 0. The Morgan fingerprint density at radius 1 is 1.19 bits per heavy atom. The summed E-state index contributed by atoms with van der Waals surface area (Å²) in [6.45, 7) is 1.84. The highest BCUT2D eigenvalue weighted by molar-refractivity contribution is 6.06. The molecule has 5 N–H and O–H groups in total. The Bertz CT molecular complexity index is 1050. The number of hydrogen-bond acceptors (Lipinski definition) is 4. The van der Waals surface area contributed by atoms with Crippen molar-refractivity contribution in [3.63, 3.8) is 0 Å². The van der Waals surface area contributed by atoms with Gasteiger partial charge in [-0.3, -0.25) is 14.9 Å². The number of para-hydroxylation sites is 1. The smallest absolute Gasteiger partial charge is 0.272 e. The lowest BCUT2D eigenvalue weighted by atomic mass is 9.87. The third-order valence-electron chi connectivity index (χ3n) is 4.66. The molecule has 0 radical (unpaired) electrons. The van der Waals surface area contributed by atoms with E-state index in [-0.39, 0.29) is 24.2 Å². The monoisotopic (exact) mass is 361 g/mol. The van der Waals surface area contributed by atoms with E-state index in [9.17, 15) is 9.59 Å². The largest absolute Gasteiger partial charge is 0.370 e. The van der Waals surface area contributed by atoms with Gasteiger partial charge in [-0.15, -0.1) is 0 Å². The molecule has 1 aliphatic rings. The fraction of sp³-hybridized carbons (Fsp3) is 0.150. The Morgan fingerprint density at radius 3 is 2.78 bits per heavy atom. The van der Waals surface area contributed by atoms with E-state index in [0.29, 0.717) is 11.4 Å². The molecule has 2 heterocycles. The first-order valence-electron chi connectivity index (χ1n) is 8.58. The van der Waals surface area contributed by atoms with Gasteiger partial charge in [0.15, 0.2) is 5.96 Å². The minimum Gasteiger partial charge on any atom is -0.370 e. The molecular weight excluding hydrogens is 342 g/mol. The van der Waals surface area contributed by atoms with Crippen LogP contribution in [0.1, 0.15) is 29.4 Å². The number of fused-ring (bicyclic) bond motifs is 1. The Balaban J connectivity index is 1.60. The number of H-pyrrole nitrogens is 1. The van der Waals surface area contributed by atoms with Crippen molar-refractivity contribution >= 4 is 34.4 Å². The number of hydrogen-bond donors (Lipinski definition) is 4. The Labute approximate surface area is 155 Å². The van der Waals surface area contributed by atoms with E-state index in [0.717, 1.165) is 16.5 Å². The summed E-state index contributed by atoms with van der Waals surface area (Å²) in [5, 5.41) is 6.36. The number of aromatic nitrogens is 1. The molecular formula is C20H19N5O2. The molecule has 1 atom stereocenters. The zero-order valence-corrected chi connectivity index (χ0v) is 14.7. The topological polar surface area (TPSA) is 112 Å². The predicted octanol–water partition coefficient (Wildman–Crippen LogP) is 2.47. The molecule has 0 saturated heterocycles. The molecule has 1 aromatic heterocycles. The molecule has 1 aliphatic heterocycles. The number of nitrogens with two attached hydrogens (primary N) is 1. The molecule has 2 amide bonds. The van der Waals surface area contributed by atoms with Gasteiger partial charge in [-0.25, -0.2) is 4.99 Å². The number of rotatable bonds is 3. The van der Waals surface area contributed by atoms with Crippen LogP contribution in [0.3, 0.4) is 0 Å². The summed E-state index contributed by atoms with van der Waals surface area (Å²) in [6, 6.07) is 16.8. The van der Waals surface area contributed by atoms with Crippen LogP contribution in [0.4, 0.5) is 5.69 Å². The number of benzene rings is 2. The van der Waals surface area contributed by atoms with Crippen molar-refractivity contribution in [1.82, 2.24) is 10.3 Å². The van der Waals surface area contributed by atoms with Gasteiger partial charge >= 0.3 is 0 Å².